The van der Waals surface area contributed by atoms with Crippen LogP contribution in [0.1, 0.15) is 17.5 Å². The number of carboxylic acids is 1. The van der Waals surface area contributed by atoms with Gasteiger partial charge in [-0.05, 0) is 29.7 Å². The first-order valence-corrected chi connectivity index (χ1v) is 9.41. The van der Waals surface area contributed by atoms with Crippen LogP contribution < -0.4 is 9.47 Å². The van der Waals surface area contributed by atoms with Crippen LogP contribution in [0, 0.1) is 5.92 Å². The molecule has 28 heavy (non-hydrogen) atoms. The first-order valence-electron chi connectivity index (χ1n) is 9.41. The Morgan fingerprint density at radius 2 is 1.89 bits per heavy atom. The molecule has 1 fully saturated rings. The molecule has 2 aromatic rings. The minimum atomic E-state index is -0.908. The Morgan fingerprint density at radius 1 is 1.11 bits per heavy atom. The van der Waals surface area contributed by atoms with E-state index >= 15 is 0 Å². The van der Waals surface area contributed by atoms with Crippen molar-refractivity contribution in [2.45, 2.75) is 19.3 Å². The highest BCUT2D eigenvalue weighted by Crippen LogP contribution is 2.29. The van der Waals surface area contributed by atoms with Crippen LogP contribution in [-0.4, -0.2) is 48.7 Å². The highest BCUT2D eigenvalue weighted by Gasteiger charge is 2.33. The van der Waals surface area contributed by atoms with Crippen LogP contribution in [0.4, 0.5) is 0 Å². The summed E-state index contributed by atoms with van der Waals surface area (Å²) in [6.07, 6.45) is 1.52. The van der Waals surface area contributed by atoms with Crippen molar-refractivity contribution in [3.8, 4) is 11.5 Å². The summed E-state index contributed by atoms with van der Waals surface area (Å²) in [5.41, 5.74) is 2.22. The summed E-state index contributed by atoms with van der Waals surface area (Å²) in [6.45, 7) is 1.32. The number of aliphatic carboxylic acids is 1. The Kier molecular flexibility index (Phi) is 6.53. The van der Waals surface area contributed by atoms with Gasteiger partial charge in [0.05, 0.1) is 19.6 Å². The monoisotopic (exact) mass is 383 g/mol. The van der Waals surface area contributed by atoms with Gasteiger partial charge in [-0.15, -0.1) is 0 Å². The maximum atomic E-state index is 12.0. The lowest BCUT2D eigenvalue weighted by molar-refractivity contribution is -0.141. The van der Waals surface area contributed by atoms with Crippen molar-refractivity contribution in [2.24, 2.45) is 5.92 Å². The molecule has 6 heteroatoms. The molecular weight excluding hydrogens is 358 g/mol. The lowest BCUT2D eigenvalue weighted by Crippen LogP contribution is -2.28. The number of benzene rings is 2. The molecule has 1 atom stereocenters. The highest BCUT2D eigenvalue weighted by atomic mass is 16.5. The predicted molar refractivity (Wildman–Crippen MR) is 105 cm³/mol. The van der Waals surface area contributed by atoms with E-state index in [1.807, 2.05) is 36.4 Å². The third-order valence-electron chi connectivity index (χ3n) is 4.95. The number of carbonyl (C=O) groups is 2. The van der Waals surface area contributed by atoms with E-state index in [1.165, 1.54) is 5.56 Å². The molecule has 1 unspecified atom stereocenters. The summed E-state index contributed by atoms with van der Waals surface area (Å²) >= 11 is 0. The van der Waals surface area contributed by atoms with Gasteiger partial charge in [0.25, 0.3) is 0 Å². The molecule has 0 spiro atoms. The Hall–Kier alpha value is -3.02. The molecule has 6 nitrogen and oxygen atoms in total. The van der Waals surface area contributed by atoms with Gasteiger partial charge in [-0.2, -0.15) is 0 Å². The van der Waals surface area contributed by atoms with Gasteiger partial charge in [-0.3, -0.25) is 9.59 Å². The number of hydrogen-bond acceptors (Lipinski definition) is 4. The van der Waals surface area contributed by atoms with E-state index in [4.69, 9.17) is 14.6 Å². The molecule has 2 aromatic carbocycles. The van der Waals surface area contributed by atoms with Crippen LogP contribution in [0.25, 0.3) is 0 Å². The van der Waals surface area contributed by atoms with Gasteiger partial charge in [-0.25, -0.2) is 0 Å². The second-order valence-electron chi connectivity index (χ2n) is 6.90. The third kappa shape index (κ3) is 5.03. The van der Waals surface area contributed by atoms with E-state index in [9.17, 15) is 9.59 Å². The summed E-state index contributed by atoms with van der Waals surface area (Å²) < 4.78 is 11.3. The zero-order valence-electron chi connectivity index (χ0n) is 16.0. The molecular formula is C22H25NO5. The summed E-state index contributed by atoms with van der Waals surface area (Å²) in [5.74, 6) is -0.262. The van der Waals surface area contributed by atoms with E-state index in [2.05, 4.69) is 12.1 Å². The maximum Gasteiger partial charge on any atom is 0.308 e. The number of methoxy groups -OCH3 is 1. The highest BCUT2D eigenvalue weighted by molar-refractivity contribution is 5.86. The van der Waals surface area contributed by atoms with E-state index < -0.39 is 11.9 Å². The van der Waals surface area contributed by atoms with Gasteiger partial charge in [0.15, 0.2) is 11.5 Å². The summed E-state index contributed by atoms with van der Waals surface area (Å²) in [5, 5.41) is 9.08. The third-order valence-corrected chi connectivity index (χ3v) is 4.95. The second kappa shape index (κ2) is 9.26. The number of carboxylic acid groups (broad SMARTS) is 1. The van der Waals surface area contributed by atoms with E-state index in [-0.39, 0.29) is 18.9 Å². The quantitative estimate of drug-likeness (QED) is 0.721. The van der Waals surface area contributed by atoms with Crippen molar-refractivity contribution in [3.63, 3.8) is 0 Å². The Morgan fingerprint density at radius 3 is 2.57 bits per heavy atom. The number of likely N-dealkylation sites (tertiary alicyclic amines) is 1. The molecule has 1 aliphatic heterocycles. The van der Waals surface area contributed by atoms with Gasteiger partial charge in [0, 0.05) is 25.9 Å². The predicted octanol–water partition coefficient (Wildman–Crippen LogP) is 2.79. The Bertz CT molecular complexity index is 821. The lowest BCUT2D eigenvalue weighted by Gasteiger charge is -2.17. The van der Waals surface area contributed by atoms with Crippen LogP contribution >= 0.6 is 0 Å². The molecule has 0 aliphatic carbocycles. The molecule has 1 saturated heterocycles. The maximum absolute atomic E-state index is 12.0. The largest absolute Gasteiger partial charge is 0.493 e. The van der Waals surface area contributed by atoms with Crippen molar-refractivity contribution >= 4 is 11.9 Å². The average Bonchev–Trinajstić information content (AvgIpc) is 3.08. The first-order chi connectivity index (χ1) is 13.6. The molecule has 3 rings (SSSR count). The zero-order valence-corrected chi connectivity index (χ0v) is 16.0. The molecule has 0 bridgehead atoms. The normalized spacial score (nSPS) is 16.2. The fourth-order valence-electron chi connectivity index (χ4n) is 3.33. The number of hydrogen-bond donors (Lipinski definition) is 1. The summed E-state index contributed by atoms with van der Waals surface area (Å²) in [6, 6.07) is 15.9. The van der Waals surface area contributed by atoms with Crippen LogP contribution in [-0.2, 0) is 22.4 Å². The molecule has 0 radical (unpaired) electrons. The molecule has 148 valence electrons. The first kappa shape index (κ1) is 19.7. The Labute approximate surface area is 164 Å². The minimum absolute atomic E-state index is 0.0891. The molecule has 1 amide bonds. The topological polar surface area (TPSA) is 76.1 Å². The second-order valence-corrected chi connectivity index (χ2v) is 6.90. The van der Waals surface area contributed by atoms with E-state index in [0.29, 0.717) is 31.1 Å². The fraction of sp³-hybridized carbons (Fsp3) is 0.364. The van der Waals surface area contributed by atoms with Gasteiger partial charge < -0.3 is 19.5 Å². The number of amides is 1. The van der Waals surface area contributed by atoms with Crippen molar-refractivity contribution in [1.29, 1.82) is 0 Å². The van der Waals surface area contributed by atoms with Crippen molar-refractivity contribution in [2.75, 3.05) is 26.8 Å². The number of carbonyl (C=O) groups excluding carboxylic acids is 1. The van der Waals surface area contributed by atoms with E-state index in [0.717, 1.165) is 12.0 Å². The molecule has 1 N–H and O–H groups in total. The molecule has 1 aliphatic rings. The van der Waals surface area contributed by atoms with E-state index in [1.54, 1.807) is 12.0 Å². The average molecular weight is 383 g/mol. The van der Waals surface area contributed by atoms with Crippen LogP contribution in [0.15, 0.2) is 48.5 Å². The molecule has 1 heterocycles. The van der Waals surface area contributed by atoms with Gasteiger partial charge in [0.2, 0.25) is 5.91 Å². The standard InChI is InChI=1S/C22H25NO5/c1-27-19-8-7-17(9-11-23-15-18(22(25)26)14-21(23)24)13-20(19)28-12-10-16-5-3-2-4-6-16/h2-8,13,18H,9-12,14-15H2,1H3,(H,25,26). The summed E-state index contributed by atoms with van der Waals surface area (Å²) in [7, 11) is 1.61. The van der Waals surface area contributed by atoms with Crippen molar-refractivity contribution in [1.82, 2.24) is 4.90 Å². The van der Waals surface area contributed by atoms with Crippen molar-refractivity contribution in [3.05, 3.63) is 59.7 Å². The van der Waals surface area contributed by atoms with Crippen LogP contribution in [0.2, 0.25) is 0 Å². The van der Waals surface area contributed by atoms with Crippen molar-refractivity contribution < 1.29 is 24.2 Å². The lowest BCUT2D eigenvalue weighted by atomic mass is 10.1. The summed E-state index contributed by atoms with van der Waals surface area (Å²) in [4.78, 5) is 24.7. The fourth-order valence-corrected chi connectivity index (χ4v) is 3.33. The van der Waals surface area contributed by atoms with Gasteiger partial charge in [0.1, 0.15) is 0 Å². The number of rotatable bonds is 9. The van der Waals surface area contributed by atoms with Crippen LogP contribution in [0.5, 0.6) is 11.5 Å². The smallest absolute Gasteiger partial charge is 0.308 e. The zero-order chi connectivity index (χ0) is 19.9. The SMILES string of the molecule is COc1ccc(CCN2CC(C(=O)O)CC2=O)cc1OCCc1ccccc1. The van der Waals surface area contributed by atoms with Crippen LogP contribution in [0.3, 0.4) is 0 Å². The Balaban J connectivity index is 1.57. The molecule has 0 saturated carbocycles. The number of ether oxygens (including phenoxy) is 2. The molecule has 0 aromatic heterocycles. The van der Waals surface area contributed by atoms with Gasteiger partial charge >= 0.3 is 5.97 Å². The number of nitrogens with zero attached hydrogens (tertiary/aromatic N) is 1. The van der Waals surface area contributed by atoms with Gasteiger partial charge in [-0.1, -0.05) is 36.4 Å². The minimum Gasteiger partial charge on any atom is -0.493 e.